The fourth-order valence-electron chi connectivity index (χ4n) is 1.29. The van der Waals surface area contributed by atoms with E-state index in [1.54, 1.807) is 0 Å². The Morgan fingerprint density at radius 1 is 1.38 bits per heavy atom. The third-order valence-electron chi connectivity index (χ3n) is 1.92. The summed E-state index contributed by atoms with van der Waals surface area (Å²) in [6.45, 7) is 4.14. The molecule has 0 heterocycles. The van der Waals surface area contributed by atoms with E-state index in [2.05, 4.69) is 37.1 Å². The fraction of sp³-hybridized carbons (Fsp3) is 0.333. The van der Waals surface area contributed by atoms with Gasteiger partial charge in [0.15, 0.2) is 0 Å². The van der Waals surface area contributed by atoms with Gasteiger partial charge in [0.2, 0.25) is 0 Å². The van der Waals surface area contributed by atoms with Gasteiger partial charge in [0.25, 0.3) is 0 Å². The highest BCUT2D eigenvalue weighted by Crippen LogP contribution is 2.18. The average molecular weight is 173 g/mol. The molecule has 1 heteroatoms. The molecule has 0 aromatic heterocycles. The normalized spacial score (nSPS) is 8.85. The number of anilines is 1. The van der Waals surface area contributed by atoms with Gasteiger partial charge in [-0.1, -0.05) is 30.9 Å². The van der Waals surface area contributed by atoms with Crippen molar-refractivity contribution in [1.82, 2.24) is 0 Å². The second-order valence-electron chi connectivity index (χ2n) is 2.90. The highest BCUT2D eigenvalue weighted by Gasteiger charge is 1.99. The molecule has 0 saturated carbocycles. The van der Waals surface area contributed by atoms with Gasteiger partial charge in [-0.25, -0.2) is 0 Å². The highest BCUT2D eigenvalue weighted by atomic mass is 14.8. The summed E-state index contributed by atoms with van der Waals surface area (Å²) in [6.07, 6.45) is 0.900. The Kier molecular flexibility index (Phi) is 3.40. The lowest BCUT2D eigenvalue weighted by Crippen LogP contribution is -1.94. The summed E-state index contributed by atoms with van der Waals surface area (Å²) in [5, 5.41) is 3.17. The molecule has 0 fully saturated rings. The molecular weight excluding hydrogens is 158 g/mol. The minimum atomic E-state index is 0.900. The highest BCUT2D eigenvalue weighted by molar-refractivity contribution is 5.63. The lowest BCUT2D eigenvalue weighted by Gasteiger charge is -2.06. The topological polar surface area (TPSA) is 12.0 Å². The van der Waals surface area contributed by atoms with Crippen LogP contribution in [0.15, 0.2) is 18.2 Å². The molecule has 1 rings (SSSR count). The van der Waals surface area contributed by atoms with Crippen molar-refractivity contribution in [2.45, 2.75) is 20.3 Å². The molecule has 0 aliphatic rings. The number of benzene rings is 1. The standard InChI is InChI=1S/C12H15N/c1-4-5-8-11-9-6-7-10(2)12(11)13-3/h6-7,9,13H,4H2,1-3H3. The Morgan fingerprint density at radius 3 is 2.77 bits per heavy atom. The van der Waals surface area contributed by atoms with Gasteiger partial charge in [-0.2, -0.15) is 0 Å². The molecule has 0 unspecified atom stereocenters. The van der Waals surface area contributed by atoms with E-state index in [0.29, 0.717) is 0 Å². The molecule has 1 aromatic carbocycles. The summed E-state index contributed by atoms with van der Waals surface area (Å²) in [5.74, 6) is 6.22. The molecule has 1 nitrogen and oxygen atoms in total. The zero-order valence-electron chi connectivity index (χ0n) is 8.44. The maximum Gasteiger partial charge on any atom is 0.0526 e. The summed E-state index contributed by atoms with van der Waals surface area (Å²) in [6, 6.07) is 6.17. The van der Waals surface area contributed by atoms with Crippen molar-refractivity contribution in [3.8, 4) is 11.8 Å². The Bertz CT molecular complexity index is 342. The van der Waals surface area contributed by atoms with Crippen LogP contribution < -0.4 is 5.32 Å². The number of hydrogen-bond acceptors (Lipinski definition) is 1. The molecule has 68 valence electrons. The summed E-state index contributed by atoms with van der Waals surface area (Å²) < 4.78 is 0. The van der Waals surface area contributed by atoms with Gasteiger partial charge in [0, 0.05) is 19.0 Å². The largest absolute Gasteiger partial charge is 0.387 e. The van der Waals surface area contributed by atoms with Crippen molar-refractivity contribution in [3.05, 3.63) is 29.3 Å². The van der Waals surface area contributed by atoms with Crippen molar-refractivity contribution >= 4 is 5.69 Å². The Balaban J connectivity index is 3.12. The van der Waals surface area contributed by atoms with Crippen molar-refractivity contribution < 1.29 is 0 Å². The van der Waals surface area contributed by atoms with E-state index in [4.69, 9.17) is 0 Å². The monoisotopic (exact) mass is 173 g/mol. The first kappa shape index (κ1) is 9.67. The molecular formula is C12H15N. The lowest BCUT2D eigenvalue weighted by molar-refractivity contribution is 1.28. The molecule has 0 saturated heterocycles. The minimum absolute atomic E-state index is 0.900. The van der Waals surface area contributed by atoms with Crippen LogP contribution in [0.25, 0.3) is 0 Å². The fourth-order valence-corrected chi connectivity index (χ4v) is 1.29. The molecule has 0 aliphatic heterocycles. The van der Waals surface area contributed by atoms with Crippen LogP contribution in [-0.2, 0) is 0 Å². The van der Waals surface area contributed by atoms with Gasteiger partial charge in [-0.05, 0) is 18.6 Å². The van der Waals surface area contributed by atoms with Crippen molar-refractivity contribution in [2.75, 3.05) is 12.4 Å². The minimum Gasteiger partial charge on any atom is -0.387 e. The number of hydrogen-bond donors (Lipinski definition) is 1. The van der Waals surface area contributed by atoms with Crippen LogP contribution in [0.3, 0.4) is 0 Å². The summed E-state index contributed by atoms with van der Waals surface area (Å²) in [4.78, 5) is 0. The quantitative estimate of drug-likeness (QED) is 0.644. The third kappa shape index (κ3) is 2.26. The van der Waals surface area contributed by atoms with Crippen LogP contribution in [0.4, 0.5) is 5.69 Å². The second kappa shape index (κ2) is 4.57. The first-order chi connectivity index (χ1) is 6.29. The first-order valence-electron chi connectivity index (χ1n) is 4.55. The van der Waals surface area contributed by atoms with E-state index in [1.165, 1.54) is 5.56 Å². The molecule has 1 aromatic rings. The smallest absolute Gasteiger partial charge is 0.0526 e. The van der Waals surface area contributed by atoms with Gasteiger partial charge in [0.05, 0.1) is 5.69 Å². The lowest BCUT2D eigenvalue weighted by atomic mass is 10.1. The zero-order valence-corrected chi connectivity index (χ0v) is 8.44. The van der Waals surface area contributed by atoms with Gasteiger partial charge >= 0.3 is 0 Å². The third-order valence-corrected chi connectivity index (χ3v) is 1.92. The SMILES string of the molecule is CCC#Cc1cccc(C)c1NC. The van der Waals surface area contributed by atoms with Crippen LogP contribution >= 0.6 is 0 Å². The Morgan fingerprint density at radius 2 is 2.15 bits per heavy atom. The van der Waals surface area contributed by atoms with E-state index in [1.807, 2.05) is 19.2 Å². The maximum absolute atomic E-state index is 3.17. The second-order valence-corrected chi connectivity index (χ2v) is 2.90. The van der Waals surface area contributed by atoms with Gasteiger partial charge in [-0.15, -0.1) is 0 Å². The average Bonchev–Trinajstić information content (AvgIpc) is 2.15. The predicted octanol–water partition coefficient (Wildman–Crippen LogP) is 2.80. The molecule has 0 atom stereocenters. The molecule has 0 aliphatic carbocycles. The molecule has 13 heavy (non-hydrogen) atoms. The van der Waals surface area contributed by atoms with Gasteiger partial charge in [0.1, 0.15) is 0 Å². The van der Waals surface area contributed by atoms with Crippen molar-refractivity contribution in [2.24, 2.45) is 0 Å². The van der Waals surface area contributed by atoms with E-state index >= 15 is 0 Å². The number of aryl methyl sites for hydroxylation is 1. The van der Waals surface area contributed by atoms with E-state index < -0.39 is 0 Å². The molecule has 0 radical (unpaired) electrons. The number of rotatable bonds is 1. The Labute approximate surface area is 80.2 Å². The Hall–Kier alpha value is -1.42. The van der Waals surface area contributed by atoms with Gasteiger partial charge < -0.3 is 5.32 Å². The van der Waals surface area contributed by atoms with Crippen molar-refractivity contribution in [1.29, 1.82) is 0 Å². The predicted molar refractivity (Wildman–Crippen MR) is 57.9 cm³/mol. The van der Waals surface area contributed by atoms with E-state index in [9.17, 15) is 0 Å². The van der Waals surface area contributed by atoms with E-state index in [-0.39, 0.29) is 0 Å². The van der Waals surface area contributed by atoms with E-state index in [0.717, 1.165) is 17.7 Å². The summed E-state index contributed by atoms with van der Waals surface area (Å²) in [7, 11) is 1.93. The van der Waals surface area contributed by atoms with Crippen LogP contribution in [-0.4, -0.2) is 7.05 Å². The van der Waals surface area contributed by atoms with Crippen LogP contribution in [0.2, 0.25) is 0 Å². The molecule has 0 amide bonds. The number of para-hydroxylation sites is 1. The maximum atomic E-state index is 3.17. The van der Waals surface area contributed by atoms with Crippen LogP contribution in [0, 0.1) is 18.8 Å². The molecule has 0 bridgehead atoms. The zero-order chi connectivity index (χ0) is 9.68. The molecule has 1 N–H and O–H groups in total. The summed E-state index contributed by atoms with van der Waals surface area (Å²) >= 11 is 0. The molecule has 0 spiro atoms. The number of nitrogens with one attached hydrogen (secondary N) is 1. The van der Waals surface area contributed by atoms with Crippen LogP contribution in [0.1, 0.15) is 24.5 Å². The van der Waals surface area contributed by atoms with Crippen molar-refractivity contribution in [3.63, 3.8) is 0 Å². The first-order valence-corrected chi connectivity index (χ1v) is 4.55. The summed E-state index contributed by atoms with van der Waals surface area (Å²) in [5.41, 5.74) is 3.47. The van der Waals surface area contributed by atoms with Crippen LogP contribution in [0.5, 0.6) is 0 Å². The van der Waals surface area contributed by atoms with Gasteiger partial charge in [-0.3, -0.25) is 0 Å².